The molecule has 1 atom stereocenters. The van der Waals surface area contributed by atoms with Gasteiger partial charge >= 0.3 is 12.3 Å². The molecule has 1 aliphatic heterocycles. The topological polar surface area (TPSA) is 116 Å². The summed E-state index contributed by atoms with van der Waals surface area (Å²) in [6.45, 7) is 5.02. The molecule has 2 aromatic carbocycles. The van der Waals surface area contributed by atoms with E-state index in [1.54, 1.807) is 25.3 Å². The highest BCUT2D eigenvalue weighted by Gasteiger charge is 2.37. The molecule has 1 N–H and O–H groups in total. The van der Waals surface area contributed by atoms with E-state index in [0.717, 1.165) is 22.5 Å². The largest absolute Gasteiger partial charge is 0.484 e. The molecule has 0 aliphatic carbocycles. The van der Waals surface area contributed by atoms with Crippen LogP contribution in [-0.2, 0) is 27.5 Å². The second-order valence-corrected chi connectivity index (χ2v) is 11.1. The molecule has 0 bridgehead atoms. The van der Waals surface area contributed by atoms with Crippen LogP contribution in [0.15, 0.2) is 60.0 Å². The standard InChI is InChI=1S/C23H24F3N5O5S/c1-22(2,3)36-21(32)29-16-7-8-20-19(10-16)31(12-17(35-20)11-30-13-27-28-14-30)37(33,34)18-6-4-5-15(9-18)23(24,25)26/h4-10,13-14,17H,11-12H2,1-3H3,(H,29,32)/t17-/m0/s1. The van der Waals surface area contributed by atoms with Gasteiger partial charge in [-0.3, -0.25) is 9.62 Å². The minimum atomic E-state index is -4.73. The molecule has 3 aromatic rings. The summed E-state index contributed by atoms with van der Waals surface area (Å²) in [6, 6.07) is 7.84. The molecule has 1 amide bonds. The van der Waals surface area contributed by atoms with Gasteiger partial charge in [-0.1, -0.05) is 6.07 Å². The number of carbonyl (C=O) groups excluding carboxylic acids is 1. The number of sulfonamides is 1. The van der Waals surface area contributed by atoms with E-state index >= 15 is 0 Å². The Morgan fingerprint density at radius 1 is 1.14 bits per heavy atom. The smallest absolute Gasteiger partial charge is 0.416 e. The Balaban J connectivity index is 1.73. The van der Waals surface area contributed by atoms with Crippen molar-refractivity contribution in [3.8, 4) is 5.75 Å². The van der Waals surface area contributed by atoms with Crippen molar-refractivity contribution in [2.45, 2.75) is 50.1 Å². The fourth-order valence-corrected chi connectivity index (χ4v) is 5.19. The van der Waals surface area contributed by atoms with Crippen molar-refractivity contribution >= 4 is 27.5 Å². The van der Waals surface area contributed by atoms with E-state index in [1.165, 1.54) is 30.9 Å². The third kappa shape index (κ3) is 6.13. The van der Waals surface area contributed by atoms with Gasteiger partial charge in [0, 0.05) is 5.69 Å². The van der Waals surface area contributed by atoms with Crippen LogP contribution in [0.1, 0.15) is 26.3 Å². The molecule has 1 aliphatic rings. The van der Waals surface area contributed by atoms with E-state index in [1.807, 2.05) is 0 Å². The highest BCUT2D eigenvalue weighted by atomic mass is 32.2. The zero-order valence-corrected chi connectivity index (χ0v) is 20.9. The molecule has 0 saturated carbocycles. The molecule has 4 rings (SSSR count). The molecule has 10 nitrogen and oxygen atoms in total. The number of hydrogen-bond acceptors (Lipinski definition) is 7. The summed E-state index contributed by atoms with van der Waals surface area (Å²) in [5, 5.41) is 9.95. The number of ether oxygens (including phenoxy) is 2. The van der Waals surface area contributed by atoms with Crippen LogP contribution in [0, 0.1) is 0 Å². The molecular weight excluding hydrogens is 515 g/mol. The second kappa shape index (κ2) is 9.57. The van der Waals surface area contributed by atoms with Gasteiger partial charge in [-0.2, -0.15) is 13.2 Å². The summed E-state index contributed by atoms with van der Waals surface area (Å²) in [5.41, 5.74) is -1.61. The lowest BCUT2D eigenvalue weighted by atomic mass is 10.2. The third-order valence-corrected chi connectivity index (χ3v) is 6.94. The van der Waals surface area contributed by atoms with Crippen LogP contribution in [0.2, 0.25) is 0 Å². The molecule has 37 heavy (non-hydrogen) atoms. The zero-order valence-electron chi connectivity index (χ0n) is 20.1. The van der Waals surface area contributed by atoms with Crippen molar-refractivity contribution < 1.29 is 35.9 Å². The lowest BCUT2D eigenvalue weighted by molar-refractivity contribution is -0.137. The third-order valence-electron chi connectivity index (χ3n) is 5.17. The maximum absolute atomic E-state index is 13.7. The Bertz CT molecular complexity index is 1390. The highest BCUT2D eigenvalue weighted by molar-refractivity contribution is 7.92. The molecule has 0 unspecified atom stereocenters. The van der Waals surface area contributed by atoms with Crippen molar-refractivity contribution in [3.63, 3.8) is 0 Å². The molecule has 1 aromatic heterocycles. The number of hydrogen-bond donors (Lipinski definition) is 1. The van der Waals surface area contributed by atoms with Crippen molar-refractivity contribution in [3.05, 3.63) is 60.7 Å². The molecule has 2 heterocycles. The van der Waals surface area contributed by atoms with Crippen LogP contribution >= 0.6 is 0 Å². The first-order valence-electron chi connectivity index (χ1n) is 11.1. The van der Waals surface area contributed by atoms with Gasteiger partial charge in [0.1, 0.15) is 30.1 Å². The summed E-state index contributed by atoms with van der Waals surface area (Å²) < 4.78 is 81.0. The Morgan fingerprint density at radius 2 is 1.84 bits per heavy atom. The molecule has 0 saturated heterocycles. The lowest BCUT2D eigenvalue weighted by Crippen LogP contribution is -2.45. The van der Waals surface area contributed by atoms with Crippen LogP contribution in [0.4, 0.5) is 29.3 Å². The number of anilines is 2. The summed E-state index contributed by atoms with van der Waals surface area (Å²) in [5.74, 6) is 0.162. The Kier molecular flexibility index (Phi) is 6.79. The second-order valence-electron chi connectivity index (χ2n) is 9.27. The first-order chi connectivity index (χ1) is 17.2. The molecular formula is C23H24F3N5O5S. The SMILES string of the molecule is CC(C)(C)OC(=O)Nc1ccc2c(c1)N(S(=O)(=O)c1cccc(C(F)(F)F)c1)C[C@H](Cn1cnnc1)O2. The first-order valence-corrected chi connectivity index (χ1v) is 12.5. The summed E-state index contributed by atoms with van der Waals surface area (Å²) in [7, 11) is -4.48. The number of rotatable bonds is 5. The summed E-state index contributed by atoms with van der Waals surface area (Å²) >= 11 is 0. The van der Waals surface area contributed by atoms with Crippen LogP contribution in [0.3, 0.4) is 0 Å². The van der Waals surface area contributed by atoms with Crippen molar-refractivity contribution in [1.29, 1.82) is 0 Å². The minimum absolute atomic E-state index is 0.0472. The van der Waals surface area contributed by atoms with Gasteiger partial charge in [0.2, 0.25) is 0 Å². The van der Waals surface area contributed by atoms with Crippen molar-refractivity contribution in [1.82, 2.24) is 14.8 Å². The van der Waals surface area contributed by atoms with Crippen molar-refractivity contribution in [2.24, 2.45) is 0 Å². The average Bonchev–Trinajstić information content (AvgIpc) is 3.30. The maximum Gasteiger partial charge on any atom is 0.416 e. The van der Waals surface area contributed by atoms with E-state index in [4.69, 9.17) is 9.47 Å². The van der Waals surface area contributed by atoms with Gasteiger partial charge < -0.3 is 14.0 Å². The minimum Gasteiger partial charge on any atom is -0.484 e. The number of alkyl halides is 3. The van der Waals surface area contributed by atoms with Crippen LogP contribution in [0.5, 0.6) is 5.75 Å². The van der Waals surface area contributed by atoms with Crippen LogP contribution in [-0.4, -0.2) is 47.5 Å². The van der Waals surface area contributed by atoms with E-state index in [2.05, 4.69) is 15.5 Å². The van der Waals surface area contributed by atoms with E-state index < -0.39 is 44.5 Å². The molecule has 0 fully saturated rings. The fraction of sp³-hybridized carbons (Fsp3) is 0.348. The summed E-state index contributed by atoms with van der Waals surface area (Å²) in [6.07, 6.45) is -3.34. The molecule has 198 valence electrons. The molecule has 0 radical (unpaired) electrons. The highest BCUT2D eigenvalue weighted by Crippen LogP contribution is 2.40. The number of nitrogens with one attached hydrogen (secondary N) is 1. The van der Waals surface area contributed by atoms with Crippen LogP contribution in [0.25, 0.3) is 0 Å². The quantitative estimate of drug-likeness (QED) is 0.514. The lowest BCUT2D eigenvalue weighted by Gasteiger charge is -2.36. The molecule has 14 heteroatoms. The van der Waals surface area contributed by atoms with Gasteiger partial charge in [-0.25, -0.2) is 13.2 Å². The number of aromatic nitrogens is 3. The number of fused-ring (bicyclic) bond motifs is 1. The Labute approximate surface area is 211 Å². The van der Waals surface area contributed by atoms with Gasteiger partial charge in [-0.05, 0) is 57.2 Å². The van der Waals surface area contributed by atoms with Gasteiger partial charge in [0.15, 0.2) is 0 Å². The van der Waals surface area contributed by atoms with E-state index in [9.17, 15) is 26.4 Å². The predicted molar refractivity (Wildman–Crippen MR) is 127 cm³/mol. The van der Waals surface area contributed by atoms with Crippen LogP contribution < -0.4 is 14.4 Å². The van der Waals surface area contributed by atoms with E-state index in [0.29, 0.717) is 6.07 Å². The monoisotopic (exact) mass is 539 g/mol. The first kappa shape index (κ1) is 26.3. The number of amides is 1. The normalized spacial score (nSPS) is 16.1. The van der Waals surface area contributed by atoms with Gasteiger partial charge in [0.05, 0.1) is 29.2 Å². The number of carbonyl (C=O) groups is 1. The zero-order chi connectivity index (χ0) is 27.0. The van der Waals surface area contributed by atoms with Crippen molar-refractivity contribution in [2.75, 3.05) is 16.2 Å². The molecule has 0 spiro atoms. The maximum atomic E-state index is 13.7. The number of halogens is 3. The van der Waals surface area contributed by atoms with Gasteiger partial charge in [0.25, 0.3) is 10.0 Å². The average molecular weight is 540 g/mol. The Hall–Kier alpha value is -3.81. The number of nitrogens with zero attached hydrogens (tertiary/aromatic N) is 4. The Morgan fingerprint density at radius 3 is 2.49 bits per heavy atom. The van der Waals surface area contributed by atoms with E-state index in [-0.39, 0.29) is 30.2 Å². The fourth-order valence-electron chi connectivity index (χ4n) is 3.65. The number of benzene rings is 2. The van der Waals surface area contributed by atoms with Gasteiger partial charge in [-0.15, -0.1) is 10.2 Å². The predicted octanol–water partition coefficient (Wildman–Crippen LogP) is 4.30. The summed E-state index contributed by atoms with van der Waals surface area (Å²) in [4.78, 5) is 11.7.